The highest BCUT2D eigenvalue weighted by Gasteiger charge is 2.56. The van der Waals surface area contributed by atoms with Gasteiger partial charge in [0.05, 0.1) is 6.04 Å². The number of aliphatic hydroxyl groups is 1. The van der Waals surface area contributed by atoms with E-state index in [2.05, 4.69) is 5.32 Å². The molecule has 0 bridgehead atoms. The Bertz CT molecular complexity index is 931. The van der Waals surface area contributed by atoms with Gasteiger partial charge in [0.2, 0.25) is 11.8 Å². The van der Waals surface area contributed by atoms with E-state index in [0.29, 0.717) is 24.6 Å². The highest BCUT2D eigenvalue weighted by molar-refractivity contribution is 5.88. The minimum absolute atomic E-state index is 0.0940. The number of hydrogen-bond acceptors (Lipinski definition) is 4. The molecule has 7 heteroatoms. The first-order valence-corrected chi connectivity index (χ1v) is 11.5. The molecular formula is C24H33N3O4. The number of likely N-dealkylation sites (tertiary alicyclic amines) is 1. The molecule has 1 aliphatic carbocycles. The van der Waals surface area contributed by atoms with E-state index in [1.807, 2.05) is 19.1 Å². The molecule has 3 heterocycles. The second-order valence-electron chi connectivity index (χ2n) is 9.20. The Morgan fingerprint density at radius 3 is 2.61 bits per heavy atom. The van der Waals surface area contributed by atoms with Gasteiger partial charge in [0.1, 0.15) is 6.04 Å². The second kappa shape index (κ2) is 8.99. The minimum atomic E-state index is -0.708. The lowest BCUT2D eigenvalue weighted by molar-refractivity contribution is -0.140. The maximum absolute atomic E-state index is 13.2. The summed E-state index contributed by atoms with van der Waals surface area (Å²) < 4.78 is 1.71. The van der Waals surface area contributed by atoms with Crippen LogP contribution in [-0.4, -0.2) is 45.6 Å². The second-order valence-corrected chi connectivity index (χ2v) is 9.20. The molecule has 2 aliphatic heterocycles. The number of hydrogen-bond donors (Lipinski definition) is 2. The van der Waals surface area contributed by atoms with E-state index in [9.17, 15) is 19.5 Å². The van der Waals surface area contributed by atoms with Crippen molar-refractivity contribution in [2.45, 2.75) is 64.6 Å². The fraction of sp³-hybridized carbons (Fsp3) is 0.625. The third-order valence-corrected chi connectivity index (χ3v) is 7.37. The standard InChI is InChI=1S/C24H33N3O4/c1-3-7-17-10-11-20-21-18(13-26(20)24(17)31)19(14-28)22(27(21)15(2)29)23(30)25-12-16-8-5-4-6-9-16/h3,7,10-11,16,18-19,21-22,28H,4-6,8-9,12-14H2,1-2H3,(H,25,30)/b7-3+/t18-,19-,21+,22-/m1/s1. The molecule has 1 aromatic heterocycles. The highest BCUT2D eigenvalue weighted by atomic mass is 16.3. The van der Waals surface area contributed by atoms with Crippen molar-refractivity contribution < 1.29 is 14.7 Å². The topological polar surface area (TPSA) is 91.6 Å². The first-order valence-electron chi connectivity index (χ1n) is 11.5. The molecule has 0 spiro atoms. The van der Waals surface area contributed by atoms with Crippen LogP contribution in [0.1, 0.15) is 63.3 Å². The van der Waals surface area contributed by atoms with E-state index >= 15 is 0 Å². The van der Waals surface area contributed by atoms with Gasteiger partial charge in [-0.2, -0.15) is 0 Å². The van der Waals surface area contributed by atoms with E-state index in [4.69, 9.17) is 0 Å². The van der Waals surface area contributed by atoms with Crippen molar-refractivity contribution in [2.24, 2.45) is 17.8 Å². The molecular weight excluding hydrogens is 394 g/mol. The van der Waals surface area contributed by atoms with Gasteiger partial charge in [0.15, 0.2) is 0 Å². The molecule has 7 nitrogen and oxygen atoms in total. The number of nitrogens with one attached hydrogen (secondary N) is 1. The molecule has 0 aromatic carbocycles. The molecule has 2 fully saturated rings. The average Bonchev–Trinajstić information content (AvgIpc) is 3.29. The Labute approximate surface area is 183 Å². The van der Waals surface area contributed by atoms with Gasteiger partial charge < -0.3 is 19.9 Å². The summed E-state index contributed by atoms with van der Waals surface area (Å²) in [5.74, 6) is -0.463. The van der Waals surface area contributed by atoms with E-state index in [-0.39, 0.29) is 35.9 Å². The molecule has 4 rings (SSSR count). The number of carbonyl (C=O) groups is 2. The molecule has 31 heavy (non-hydrogen) atoms. The van der Waals surface area contributed by atoms with Crippen LogP contribution in [0.2, 0.25) is 0 Å². The molecule has 1 saturated heterocycles. The zero-order valence-corrected chi connectivity index (χ0v) is 18.4. The largest absolute Gasteiger partial charge is 0.396 e. The fourth-order valence-electron chi connectivity index (χ4n) is 5.91. The van der Waals surface area contributed by atoms with Gasteiger partial charge in [0, 0.05) is 49.7 Å². The van der Waals surface area contributed by atoms with Crippen LogP contribution in [0, 0.1) is 17.8 Å². The van der Waals surface area contributed by atoms with Crippen LogP contribution in [0.15, 0.2) is 23.0 Å². The summed E-state index contributed by atoms with van der Waals surface area (Å²) in [5, 5.41) is 13.3. The predicted octanol–water partition coefficient (Wildman–Crippen LogP) is 2.09. The number of nitrogens with zero attached hydrogens (tertiary/aromatic N) is 2. The maximum Gasteiger partial charge on any atom is 0.258 e. The van der Waals surface area contributed by atoms with E-state index < -0.39 is 12.0 Å². The Balaban J connectivity index is 1.62. The van der Waals surface area contributed by atoms with E-state index in [0.717, 1.165) is 18.5 Å². The van der Waals surface area contributed by atoms with Crippen molar-refractivity contribution in [2.75, 3.05) is 13.2 Å². The molecule has 0 unspecified atom stereocenters. The molecule has 168 valence electrons. The SMILES string of the molecule is C/C=C/c1ccc2n(c1=O)C[C@@H]1[C@@H](CO)[C@H](C(=O)NCC3CCCCC3)N(C(C)=O)[C@H]21. The molecule has 0 radical (unpaired) electrons. The summed E-state index contributed by atoms with van der Waals surface area (Å²) >= 11 is 0. The van der Waals surface area contributed by atoms with Gasteiger partial charge in [-0.3, -0.25) is 14.4 Å². The minimum Gasteiger partial charge on any atom is -0.396 e. The molecule has 4 atom stereocenters. The first kappa shape index (κ1) is 21.8. The third-order valence-electron chi connectivity index (χ3n) is 7.37. The molecule has 2 N–H and O–H groups in total. The third kappa shape index (κ3) is 3.84. The Morgan fingerprint density at radius 1 is 1.23 bits per heavy atom. The van der Waals surface area contributed by atoms with Crippen LogP contribution < -0.4 is 10.9 Å². The van der Waals surface area contributed by atoms with Crippen molar-refractivity contribution in [1.29, 1.82) is 0 Å². The number of aliphatic hydroxyl groups excluding tert-OH is 1. The number of allylic oxidation sites excluding steroid dienone is 1. The van der Waals surface area contributed by atoms with E-state index in [1.54, 1.807) is 21.6 Å². The van der Waals surface area contributed by atoms with Gasteiger partial charge in [0.25, 0.3) is 5.56 Å². The molecule has 3 aliphatic rings. The lowest BCUT2D eigenvalue weighted by Gasteiger charge is -2.31. The zero-order valence-electron chi connectivity index (χ0n) is 18.4. The summed E-state index contributed by atoms with van der Waals surface area (Å²) in [6.45, 7) is 4.16. The summed E-state index contributed by atoms with van der Waals surface area (Å²) in [6.07, 6.45) is 9.51. The summed E-state index contributed by atoms with van der Waals surface area (Å²) in [7, 11) is 0. The Hall–Kier alpha value is -2.41. The van der Waals surface area contributed by atoms with Gasteiger partial charge in [-0.1, -0.05) is 31.4 Å². The van der Waals surface area contributed by atoms with Crippen LogP contribution in [0.5, 0.6) is 0 Å². The average molecular weight is 428 g/mol. The summed E-state index contributed by atoms with van der Waals surface area (Å²) in [5.41, 5.74) is 1.26. The monoisotopic (exact) mass is 427 g/mol. The van der Waals surface area contributed by atoms with Crippen LogP contribution in [0.3, 0.4) is 0 Å². The van der Waals surface area contributed by atoms with Crippen molar-refractivity contribution in [3.8, 4) is 0 Å². The molecule has 2 amide bonds. The van der Waals surface area contributed by atoms with Crippen LogP contribution in [0.4, 0.5) is 0 Å². The molecule has 1 aromatic rings. The summed E-state index contributed by atoms with van der Waals surface area (Å²) in [4.78, 5) is 40.4. The van der Waals surface area contributed by atoms with Crippen LogP contribution in [-0.2, 0) is 16.1 Å². The van der Waals surface area contributed by atoms with Crippen LogP contribution in [0.25, 0.3) is 6.08 Å². The van der Waals surface area contributed by atoms with Crippen LogP contribution >= 0.6 is 0 Å². The molecule has 1 saturated carbocycles. The number of amides is 2. The first-order chi connectivity index (χ1) is 15.0. The summed E-state index contributed by atoms with van der Waals surface area (Å²) in [6, 6.07) is 2.58. The highest BCUT2D eigenvalue weighted by Crippen LogP contribution is 2.49. The van der Waals surface area contributed by atoms with Gasteiger partial charge in [-0.25, -0.2) is 0 Å². The van der Waals surface area contributed by atoms with Crippen molar-refractivity contribution >= 4 is 17.9 Å². The van der Waals surface area contributed by atoms with Gasteiger partial charge in [-0.05, 0) is 37.8 Å². The van der Waals surface area contributed by atoms with Gasteiger partial charge >= 0.3 is 0 Å². The Kier molecular flexibility index (Phi) is 6.32. The number of pyridine rings is 1. The Morgan fingerprint density at radius 2 is 1.97 bits per heavy atom. The van der Waals surface area contributed by atoms with Crippen molar-refractivity contribution in [3.05, 3.63) is 39.8 Å². The lowest BCUT2D eigenvalue weighted by atomic mass is 9.87. The number of aromatic nitrogens is 1. The number of carbonyl (C=O) groups excluding carboxylic acids is 2. The zero-order chi connectivity index (χ0) is 22.1. The smallest absolute Gasteiger partial charge is 0.258 e. The number of fused-ring (bicyclic) bond motifs is 3. The lowest BCUT2D eigenvalue weighted by Crippen LogP contribution is -2.50. The normalized spacial score (nSPS) is 28.0. The van der Waals surface area contributed by atoms with Crippen molar-refractivity contribution in [1.82, 2.24) is 14.8 Å². The predicted molar refractivity (Wildman–Crippen MR) is 118 cm³/mol. The van der Waals surface area contributed by atoms with Gasteiger partial charge in [-0.15, -0.1) is 0 Å². The van der Waals surface area contributed by atoms with E-state index in [1.165, 1.54) is 26.2 Å². The fourth-order valence-corrected chi connectivity index (χ4v) is 5.91. The quantitative estimate of drug-likeness (QED) is 0.753. The van der Waals surface area contributed by atoms with Crippen molar-refractivity contribution in [3.63, 3.8) is 0 Å². The number of rotatable bonds is 5. The maximum atomic E-state index is 13.2.